The van der Waals surface area contributed by atoms with Gasteiger partial charge in [0.15, 0.2) is 0 Å². The molecule has 0 radical (unpaired) electrons. The molecule has 0 fully saturated rings. The van der Waals surface area contributed by atoms with Gasteiger partial charge in [-0.25, -0.2) is 8.42 Å². The van der Waals surface area contributed by atoms with Crippen LogP contribution in [0.1, 0.15) is 43.9 Å². The first-order valence-electron chi connectivity index (χ1n) is 13.4. The Balaban J connectivity index is 2.03. The van der Waals surface area contributed by atoms with E-state index in [0.29, 0.717) is 23.7 Å². The summed E-state index contributed by atoms with van der Waals surface area (Å²) in [5, 5.41) is 3.34. The third-order valence-corrected chi connectivity index (χ3v) is 8.59. The van der Waals surface area contributed by atoms with Gasteiger partial charge in [0.1, 0.15) is 12.6 Å². The maximum Gasteiger partial charge on any atom is 0.264 e. The molecule has 2 amide bonds. The molecule has 40 heavy (non-hydrogen) atoms. The van der Waals surface area contributed by atoms with Crippen LogP contribution in [-0.2, 0) is 26.2 Å². The van der Waals surface area contributed by atoms with Crippen LogP contribution in [0.25, 0.3) is 0 Å². The van der Waals surface area contributed by atoms with Crippen molar-refractivity contribution in [1.29, 1.82) is 0 Å². The second-order valence-electron chi connectivity index (χ2n) is 10.4. The van der Waals surface area contributed by atoms with Crippen molar-refractivity contribution in [2.24, 2.45) is 5.92 Å². The van der Waals surface area contributed by atoms with Crippen LogP contribution in [0.4, 0.5) is 5.69 Å². The van der Waals surface area contributed by atoms with Crippen LogP contribution in [-0.4, -0.2) is 44.3 Å². The molecule has 0 aliphatic carbocycles. The van der Waals surface area contributed by atoms with E-state index >= 15 is 0 Å². The van der Waals surface area contributed by atoms with E-state index in [0.717, 1.165) is 21.0 Å². The van der Waals surface area contributed by atoms with E-state index in [1.807, 2.05) is 58.9 Å². The number of benzene rings is 3. The van der Waals surface area contributed by atoms with Crippen molar-refractivity contribution in [2.75, 3.05) is 17.4 Å². The molecule has 0 aromatic heterocycles. The fourth-order valence-electron chi connectivity index (χ4n) is 4.21. The molecule has 3 aromatic carbocycles. The Hall–Kier alpha value is -3.36. The summed E-state index contributed by atoms with van der Waals surface area (Å²) in [6, 6.07) is 19.7. The topological polar surface area (TPSA) is 86.8 Å². The number of carbonyl (C=O) groups is 2. The second-order valence-corrected chi connectivity index (χ2v) is 12.7. The number of anilines is 1. The Morgan fingerprint density at radius 3 is 1.95 bits per heavy atom. The lowest BCUT2D eigenvalue weighted by atomic mass is 10.1. The Bertz CT molecular complexity index is 1390. The lowest BCUT2D eigenvalue weighted by molar-refractivity contribution is -0.140. The molecule has 214 valence electrons. The summed E-state index contributed by atoms with van der Waals surface area (Å²) in [6.45, 7) is 9.87. The number of rotatable bonds is 12. The zero-order valence-corrected chi connectivity index (χ0v) is 25.3. The monoisotopic (exact) mass is 583 g/mol. The number of aryl methyl sites for hydroxylation is 2. The zero-order chi connectivity index (χ0) is 29.4. The molecule has 0 heterocycles. The Morgan fingerprint density at radius 1 is 0.875 bits per heavy atom. The highest BCUT2D eigenvalue weighted by molar-refractivity contribution is 7.92. The van der Waals surface area contributed by atoms with Crippen LogP contribution in [0.5, 0.6) is 0 Å². The molecule has 0 saturated carbocycles. The van der Waals surface area contributed by atoms with Crippen LogP contribution >= 0.6 is 11.6 Å². The smallest absolute Gasteiger partial charge is 0.264 e. The highest BCUT2D eigenvalue weighted by atomic mass is 35.5. The van der Waals surface area contributed by atoms with Gasteiger partial charge in [-0.2, -0.15) is 0 Å². The third kappa shape index (κ3) is 8.08. The summed E-state index contributed by atoms with van der Waals surface area (Å²) in [6.07, 6.45) is 0.371. The fourth-order valence-corrected chi connectivity index (χ4v) is 5.75. The summed E-state index contributed by atoms with van der Waals surface area (Å²) in [5.74, 6) is -0.506. The molecule has 3 rings (SSSR count). The average Bonchev–Trinajstić information content (AvgIpc) is 2.92. The lowest BCUT2D eigenvalue weighted by Crippen LogP contribution is -2.52. The van der Waals surface area contributed by atoms with Crippen molar-refractivity contribution in [3.05, 3.63) is 94.5 Å². The van der Waals surface area contributed by atoms with Gasteiger partial charge in [-0.1, -0.05) is 79.9 Å². The number of carbonyl (C=O) groups excluding carboxylic acids is 2. The minimum Gasteiger partial charge on any atom is -0.354 e. The predicted octanol–water partition coefficient (Wildman–Crippen LogP) is 5.73. The third-order valence-electron chi connectivity index (χ3n) is 6.55. The minimum absolute atomic E-state index is 0.0112. The predicted molar refractivity (Wildman–Crippen MR) is 161 cm³/mol. The van der Waals surface area contributed by atoms with Crippen LogP contribution in [0, 0.1) is 19.8 Å². The number of sulfonamides is 1. The molecule has 9 heteroatoms. The Labute approximate surface area is 243 Å². The summed E-state index contributed by atoms with van der Waals surface area (Å²) < 4.78 is 28.8. The van der Waals surface area contributed by atoms with E-state index in [9.17, 15) is 18.0 Å². The van der Waals surface area contributed by atoms with Crippen LogP contribution in [0.15, 0.2) is 77.7 Å². The van der Waals surface area contributed by atoms with E-state index in [4.69, 9.17) is 11.6 Å². The van der Waals surface area contributed by atoms with E-state index in [-0.39, 0.29) is 23.3 Å². The number of hydrogen-bond donors (Lipinski definition) is 1. The standard InChI is InChI=1S/C31H38ClN3O4S/c1-6-29(31(37)33-19-22(2)3)34(20-25-11-7-23(4)8-12-25)30(36)21-35(27-15-9-24(5)10-16-27)40(38,39)28-17-13-26(32)14-18-28/h7-18,22,29H,6,19-21H2,1-5H3,(H,33,37)/t29-/m1/s1. The van der Waals surface area contributed by atoms with Crippen molar-refractivity contribution in [2.45, 2.75) is 58.5 Å². The van der Waals surface area contributed by atoms with E-state index < -0.39 is 28.5 Å². The van der Waals surface area contributed by atoms with Gasteiger partial charge in [-0.15, -0.1) is 0 Å². The number of hydrogen-bond acceptors (Lipinski definition) is 4. The molecule has 0 bridgehead atoms. The molecule has 7 nitrogen and oxygen atoms in total. The normalized spacial score (nSPS) is 12.2. The summed E-state index contributed by atoms with van der Waals surface area (Å²) >= 11 is 6.01. The quantitative estimate of drug-likeness (QED) is 0.295. The summed E-state index contributed by atoms with van der Waals surface area (Å²) in [4.78, 5) is 28.8. The molecule has 3 aromatic rings. The van der Waals surface area contributed by atoms with Gasteiger partial charge in [0.25, 0.3) is 10.0 Å². The van der Waals surface area contributed by atoms with Crippen LogP contribution in [0.2, 0.25) is 5.02 Å². The van der Waals surface area contributed by atoms with Crippen LogP contribution < -0.4 is 9.62 Å². The molecule has 0 spiro atoms. The van der Waals surface area contributed by atoms with Crippen molar-refractivity contribution in [3.8, 4) is 0 Å². The molecule has 0 unspecified atom stereocenters. The minimum atomic E-state index is -4.14. The number of nitrogens with one attached hydrogen (secondary N) is 1. The van der Waals surface area contributed by atoms with Crippen molar-refractivity contribution in [3.63, 3.8) is 0 Å². The molecular formula is C31H38ClN3O4S. The van der Waals surface area contributed by atoms with Crippen molar-refractivity contribution < 1.29 is 18.0 Å². The van der Waals surface area contributed by atoms with Crippen molar-refractivity contribution >= 4 is 39.1 Å². The molecule has 0 aliphatic heterocycles. The van der Waals surface area contributed by atoms with Crippen LogP contribution in [0.3, 0.4) is 0 Å². The Morgan fingerprint density at radius 2 is 1.43 bits per heavy atom. The van der Waals surface area contributed by atoms with Gasteiger partial charge in [0.2, 0.25) is 11.8 Å². The first kappa shape index (κ1) is 31.2. The largest absolute Gasteiger partial charge is 0.354 e. The highest BCUT2D eigenvalue weighted by Gasteiger charge is 2.33. The first-order valence-corrected chi connectivity index (χ1v) is 15.2. The summed E-state index contributed by atoms with van der Waals surface area (Å²) in [5.41, 5.74) is 3.22. The second kappa shape index (κ2) is 13.8. The average molecular weight is 584 g/mol. The first-order chi connectivity index (χ1) is 18.9. The van der Waals surface area contributed by atoms with E-state index in [1.165, 1.54) is 29.2 Å². The van der Waals surface area contributed by atoms with Gasteiger partial charge in [-0.05, 0) is 68.1 Å². The maximum absolute atomic E-state index is 14.1. The highest BCUT2D eigenvalue weighted by Crippen LogP contribution is 2.26. The van der Waals surface area contributed by atoms with Gasteiger partial charge in [-0.3, -0.25) is 13.9 Å². The van der Waals surface area contributed by atoms with Gasteiger partial charge in [0.05, 0.1) is 10.6 Å². The van der Waals surface area contributed by atoms with Gasteiger partial charge < -0.3 is 10.2 Å². The summed E-state index contributed by atoms with van der Waals surface area (Å²) in [7, 11) is -4.14. The number of nitrogens with zero attached hydrogens (tertiary/aromatic N) is 2. The molecule has 1 N–H and O–H groups in total. The van der Waals surface area contributed by atoms with Gasteiger partial charge in [0, 0.05) is 18.1 Å². The fraction of sp³-hybridized carbons (Fsp3) is 0.355. The Kier molecular flexibility index (Phi) is 10.8. The van der Waals surface area contributed by atoms with E-state index in [2.05, 4.69) is 5.32 Å². The molecular weight excluding hydrogens is 546 g/mol. The number of amides is 2. The van der Waals surface area contributed by atoms with E-state index in [1.54, 1.807) is 24.3 Å². The molecule has 0 saturated heterocycles. The van der Waals surface area contributed by atoms with Gasteiger partial charge >= 0.3 is 0 Å². The SMILES string of the molecule is CC[C@H](C(=O)NCC(C)C)N(Cc1ccc(C)cc1)C(=O)CN(c1ccc(C)cc1)S(=O)(=O)c1ccc(Cl)cc1. The maximum atomic E-state index is 14.1. The lowest BCUT2D eigenvalue weighted by Gasteiger charge is -2.33. The molecule has 0 aliphatic rings. The van der Waals surface area contributed by atoms with Crippen molar-refractivity contribution in [1.82, 2.24) is 10.2 Å². The number of halogens is 1. The molecule has 1 atom stereocenters. The zero-order valence-electron chi connectivity index (χ0n) is 23.7.